The van der Waals surface area contributed by atoms with Crippen LogP contribution in [0, 0.1) is 0 Å². The van der Waals surface area contributed by atoms with Crippen LogP contribution in [0.4, 0.5) is 5.69 Å². The van der Waals surface area contributed by atoms with E-state index in [-0.39, 0.29) is 0 Å². The van der Waals surface area contributed by atoms with Crippen molar-refractivity contribution in [3.63, 3.8) is 0 Å². The van der Waals surface area contributed by atoms with Gasteiger partial charge in [0.1, 0.15) is 0 Å². The molecular weight excluding hydrogens is 328 g/mol. The first-order chi connectivity index (χ1) is 10.1. The molecule has 2 heterocycles. The van der Waals surface area contributed by atoms with Gasteiger partial charge in [-0.25, -0.2) is 0 Å². The molecule has 0 aliphatic carbocycles. The maximum Gasteiger partial charge on any atom is 0.0749 e. The van der Waals surface area contributed by atoms with E-state index >= 15 is 0 Å². The van der Waals surface area contributed by atoms with Gasteiger partial charge in [0.15, 0.2) is 0 Å². The van der Waals surface area contributed by atoms with Gasteiger partial charge in [-0.1, -0.05) is 18.2 Å². The van der Waals surface area contributed by atoms with Crippen molar-refractivity contribution < 1.29 is 0 Å². The van der Waals surface area contributed by atoms with Gasteiger partial charge in [-0.05, 0) is 54.5 Å². The van der Waals surface area contributed by atoms with Gasteiger partial charge < -0.3 is 10.2 Å². The van der Waals surface area contributed by atoms with E-state index in [1.54, 1.807) is 0 Å². The van der Waals surface area contributed by atoms with E-state index in [0.29, 0.717) is 6.04 Å². The largest absolute Gasteiger partial charge is 0.376 e. The molecule has 3 rings (SSSR count). The highest BCUT2D eigenvalue weighted by atomic mass is 79.9. The summed E-state index contributed by atoms with van der Waals surface area (Å²) in [6.07, 6.45) is 4.12. The molecule has 1 N–H and O–H groups in total. The Kier molecular flexibility index (Phi) is 4.31. The van der Waals surface area contributed by atoms with Crippen LogP contribution in [0.2, 0.25) is 0 Å². The van der Waals surface area contributed by atoms with Crippen molar-refractivity contribution in [2.75, 3.05) is 26.0 Å². The highest BCUT2D eigenvalue weighted by Gasteiger charge is 2.24. The summed E-state index contributed by atoms with van der Waals surface area (Å²) >= 11 is 3.66. The summed E-state index contributed by atoms with van der Waals surface area (Å²) in [6, 6.07) is 8.89. The fraction of sp³-hybridized carbons (Fsp3) is 0.438. The predicted molar refractivity (Wildman–Crippen MR) is 89.6 cm³/mol. The zero-order chi connectivity index (χ0) is 14.8. The fourth-order valence-electron chi connectivity index (χ4n) is 2.84. The Morgan fingerprint density at radius 2 is 2.19 bits per heavy atom. The Bertz CT molecular complexity index is 620. The molecule has 0 radical (unpaired) electrons. The molecule has 1 atom stereocenters. The third kappa shape index (κ3) is 3.14. The predicted octanol–water partition coefficient (Wildman–Crippen LogP) is 3.31. The summed E-state index contributed by atoms with van der Waals surface area (Å²) in [4.78, 5) is 2.18. The number of anilines is 1. The molecule has 1 aromatic carbocycles. The molecule has 0 fully saturated rings. The highest BCUT2D eigenvalue weighted by Crippen LogP contribution is 2.35. The van der Waals surface area contributed by atoms with E-state index in [1.165, 1.54) is 16.9 Å². The normalized spacial score (nSPS) is 17.6. The molecular formula is C16H21BrN4. The molecule has 0 spiro atoms. The van der Waals surface area contributed by atoms with Crippen molar-refractivity contribution >= 4 is 21.6 Å². The Balaban J connectivity index is 1.83. The van der Waals surface area contributed by atoms with Gasteiger partial charge in [0, 0.05) is 12.2 Å². The minimum Gasteiger partial charge on any atom is -0.376 e. The van der Waals surface area contributed by atoms with Gasteiger partial charge >= 0.3 is 0 Å². The van der Waals surface area contributed by atoms with Gasteiger partial charge in [0.25, 0.3) is 0 Å². The fourth-order valence-corrected chi connectivity index (χ4v) is 3.41. The van der Waals surface area contributed by atoms with Crippen LogP contribution >= 0.6 is 15.9 Å². The second-order valence-corrected chi connectivity index (χ2v) is 6.65. The maximum absolute atomic E-state index is 4.52. The number of fused-ring (bicyclic) bond motifs is 1. The van der Waals surface area contributed by atoms with Crippen LogP contribution in [-0.2, 0) is 13.0 Å². The second-order valence-electron chi connectivity index (χ2n) is 5.80. The summed E-state index contributed by atoms with van der Waals surface area (Å²) in [5.74, 6) is 0. The molecule has 2 aromatic rings. The van der Waals surface area contributed by atoms with Crippen LogP contribution in [0.5, 0.6) is 0 Å². The summed E-state index contributed by atoms with van der Waals surface area (Å²) in [5, 5.41) is 8.19. The number of aryl methyl sites for hydroxylation is 1. The molecule has 0 amide bonds. The average Bonchev–Trinajstić information content (AvgIpc) is 2.85. The van der Waals surface area contributed by atoms with Gasteiger partial charge in [-0.3, -0.25) is 4.68 Å². The molecule has 1 aliphatic rings. The molecule has 0 bridgehead atoms. The zero-order valence-electron chi connectivity index (χ0n) is 12.5. The number of hydrogen-bond donors (Lipinski definition) is 1. The number of rotatable bonds is 4. The quantitative estimate of drug-likeness (QED) is 0.919. The summed E-state index contributed by atoms with van der Waals surface area (Å²) in [7, 11) is 4.18. The van der Waals surface area contributed by atoms with E-state index in [0.717, 1.165) is 30.4 Å². The van der Waals surface area contributed by atoms with Crippen LogP contribution in [-0.4, -0.2) is 35.3 Å². The first kappa shape index (κ1) is 14.6. The van der Waals surface area contributed by atoms with Gasteiger partial charge in [0.2, 0.25) is 0 Å². The molecule has 1 aliphatic heterocycles. The number of benzene rings is 1. The SMILES string of the molecule is CN(C)CCn1ncc(Br)c1C1CCc2ccccc2N1. The number of nitrogens with one attached hydrogen (secondary N) is 1. The smallest absolute Gasteiger partial charge is 0.0749 e. The lowest BCUT2D eigenvalue weighted by molar-refractivity contribution is 0.366. The summed E-state index contributed by atoms with van der Waals surface area (Å²) < 4.78 is 3.22. The van der Waals surface area contributed by atoms with Crippen LogP contribution in [0.3, 0.4) is 0 Å². The van der Waals surface area contributed by atoms with Crippen LogP contribution in [0.1, 0.15) is 23.7 Å². The molecule has 0 saturated heterocycles. The third-order valence-corrected chi connectivity index (χ3v) is 4.58. The lowest BCUT2D eigenvalue weighted by Gasteiger charge is -2.28. The van der Waals surface area contributed by atoms with Crippen LogP contribution in [0.25, 0.3) is 0 Å². The minimum atomic E-state index is 0.318. The first-order valence-corrected chi connectivity index (χ1v) is 8.15. The van der Waals surface area contributed by atoms with Crippen molar-refractivity contribution in [2.24, 2.45) is 0 Å². The Hall–Kier alpha value is -1.33. The molecule has 0 saturated carbocycles. The Morgan fingerprint density at radius 1 is 1.38 bits per heavy atom. The zero-order valence-corrected chi connectivity index (χ0v) is 14.1. The molecule has 5 heteroatoms. The van der Waals surface area contributed by atoms with E-state index in [4.69, 9.17) is 0 Å². The Morgan fingerprint density at radius 3 is 3.00 bits per heavy atom. The number of likely N-dealkylation sites (N-methyl/N-ethyl adjacent to an activating group) is 1. The van der Waals surface area contributed by atoms with E-state index in [1.807, 2.05) is 6.20 Å². The van der Waals surface area contributed by atoms with Crippen LogP contribution in [0.15, 0.2) is 34.9 Å². The van der Waals surface area contributed by atoms with Crippen molar-refractivity contribution in [3.05, 3.63) is 46.2 Å². The van der Waals surface area contributed by atoms with E-state index < -0.39 is 0 Å². The second kappa shape index (κ2) is 6.20. The van der Waals surface area contributed by atoms with Crippen LogP contribution < -0.4 is 5.32 Å². The Labute approximate surface area is 134 Å². The van der Waals surface area contributed by atoms with Gasteiger partial charge in [-0.15, -0.1) is 0 Å². The van der Waals surface area contributed by atoms with Crippen molar-refractivity contribution in [2.45, 2.75) is 25.4 Å². The van der Waals surface area contributed by atoms with Crippen molar-refractivity contribution in [3.8, 4) is 0 Å². The number of nitrogens with zero attached hydrogens (tertiary/aromatic N) is 3. The summed E-state index contributed by atoms with van der Waals surface area (Å²) in [6.45, 7) is 1.90. The standard InChI is InChI=1S/C16H21BrN4/c1-20(2)9-10-21-16(13(17)11-18-21)15-8-7-12-5-3-4-6-14(12)19-15/h3-6,11,15,19H,7-10H2,1-2H3. The van der Waals surface area contributed by atoms with Crippen molar-refractivity contribution in [1.82, 2.24) is 14.7 Å². The first-order valence-electron chi connectivity index (χ1n) is 7.35. The molecule has 21 heavy (non-hydrogen) atoms. The number of halogens is 1. The lowest BCUT2D eigenvalue weighted by atomic mass is 9.96. The molecule has 1 unspecified atom stereocenters. The average molecular weight is 349 g/mol. The molecule has 4 nitrogen and oxygen atoms in total. The topological polar surface area (TPSA) is 33.1 Å². The van der Waals surface area contributed by atoms with E-state index in [2.05, 4.69) is 74.3 Å². The maximum atomic E-state index is 4.52. The van der Waals surface area contributed by atoms with Crippen molar-refractivity contribution in [1.29, 1.82) is 0 Å². The monoisotopic (exact) mass is 348 g/mol. The molecule has 1 aromatic heterocycles. The highest BCUT2D eigenvalue weighted by molar-refractivity contribution is 9.10. The number of aromatic nitrogens is 2. The molecule has 112 valence electrons. The number of hydrogen-bond acceptors (Lipinski definition) is 3. The van der Waals surface area contributed by atoms with Gasteiger partial charge in [-0.2, -0.15) is 5.10 Å². The lowest BCUT2D eigenvalue weighted by Crippen LogP contribution is -2.25. The number of para-hydroxylation sites is 1. The van der Waals surface area contributed by atoms with Gasteiger partial charge in [0.05, 0.1) is 29.0 Å². The minimum absolute atomic E-state index is 0.318. The third-order valence-electron chi connectivity index (χ3n) is 3.97. The summed E-state index contributed by atoms with van der Waals surface area (Å²) in [5.41, 5.74) is 3.91. The van der Waals surface area contributed by atoms with E-state index in [9.17, 15) is 0 Å².